The normalized spacial score (nSPS) is 12.9. The van der Waals surface area contributed by atoms with E-state index >= 15 is 0 Å². The molecule has 1 N–H and O–H groups in total. The van der Waals surface area contributed by atoms with Gasteiger partial charge in [-0.2, -0.15) is 13.2 Å². The van der Waals surface area contributed by atoms with Crippen LogP contribution in [0.2, 0.25) is 0 Å². The smallest absolute Gasteiger partial charge is 0.416 e. The van der Waals surface area contributed by atoms with E-state index in [1.807, 2.05) is 12.1 Å². The van der Waals surface area contributed by atoms with E-state index in [0.717, 1.165) is 17.7 Å². The molecule has 139 valence electrons. The minimum Gasteiger partial charge on any atom is -0.433 e. The van der Waals surface area contributed by atoms with Gasteiger partial charge in [-0.25, -0.2) is 0 Å². The Morgan fingerprint density at radius 3 is 2.08 bits per heavy atom. The van der Waals surface area contributed by atoms with Crippen molar-refractivity contribution in [1.82, 2.24) is 0 Å². The highest BCUT2D eigenvalue weighted by Gasteiger charge is 2.35. The molecule has 2 aromatic carbocycles. The lowest BCUT2D eigenvalue weighted by atomic mass is 9.83. The quantitative estimate of drug-likeness (QED) is 0.728. The molecule has 0 saturated heterocycles. The maximum Gasteiger partial charge on any atom is 0.416 e. The van der Waals surface area contributed by atoms with E-state index in [4.69, 9.17) is 4.65 Å². The second-order valence-electron chi connectivity index (χ2n) is 7.34. The highest BCUT2D eigenvalue weighted by Crippen LogP contribution is 2.32. The van der Waals surface area contributed by atoms with Crippen LogP contribution in [0, 0.1) is 0 Å². The van der Waals surface area contributed by atoms with Crippen LogP contribution in [0.3, 0.4) is 0 Å². The average Bonchev–Trinajstić information content (AvgIpc) is 2.53. The fraction of sp³-hybridized carbons (Fsp3) is 0.400. The zero-order valence-electron chi connectivity index (χ0n) is 15.4. The molecule has 0 unspecified atom stereocenters. The van der Waals surface area contributed by atoms with Gasteiger partial charge in [-0.3, -0.25) is 0 Å². The van der Waals surface area contributed by atoms with Crippen LogP contribution in [0.1, 0.15) is 38.8 Å². The topological polar surface area (TPSA) is 29.5 Å². The van der Waals surface area contributed by atoms with Crippen LogP contribution in [-0.2, 0) is 17.2 Å². The van der Waals surface area contributed by atoms with E-state index in [-0.39, 0.29) is 0 Å². The van der Waals surface area contributed by atoms with Crippen LogP contribution in [0.15, 0.2) is 48.5 Å². The summed E-state index contributed by atoms with van der Waals surface area (Å²) in [7, 11) is 1.61. The third-order valence-electron chi connectivity index (χ3n) is 4.62. The molecule has 2 nitrogen and oxygen atoms in total. The molecule has 0 aliphatic heterocycles. The summed E-state index contributed by atoms with van der Waals surface area (Å²) in [5.41, 5.74) is -0.300. The molecule has 0 heterocycles. The molecule has 0 aromatic heterocycles. The molecule has 6 heteroatoms. The number of benzene rings is 2. The molecule has 0 aliphatic rings. The van der Waals surface area contributed by atoms with Gasteiger partial charge in [-0.1, -0.05) is 42.0 Å². The Hall–Kier alpha value is -1.79. The first-order valence-electron chi connectivity index (χ1n) is 8.38. The van der Waals surface area contributed by atoms with Gasteiger partial charge in [0, 0.05) is 0 Å². The monoisotopic (exact) mass is 363 g/mol. The lowest BCUT2D eigenvalue weighted by Gasteiger charge is -2.37. The van der Waals surface area contributed by atoms with Crippen LogP contribution in [0.25, 0.3) is 11.1 Å². The minimum absolute atomic E-state index is 0.478. The Bertz CT molecular complexity index is 749. The first-order chi connectivity index (χ1) is 11.9. The first-order valence-corrected chi connectivity index (χ1v) is 8.38. The number of halogens is 3. The van der Waals surface area contributed by atoms with E-state index in [0.29, 0.717) is 17.4 Å². The van der Waals surface area contributed by atoms with Gasteiger partial charge in [0.2, 0.25) is 0 Å². The number of hydrogen-bond acceptors (Lipinski definition) is 2. The highest BCUT2D eigenvalue weighted by atomic mass is 19.4. The summed E-state index contributed by atoms with van der Waals surface area (Å²) >= 11 is 0. The van der Waals surface area contributed by atoms with Gasteiger partial charge in [-0.05, 0) is 57.3 Å². The van der Waals surface area contributed by atoms with E-state index < -0.39 is 22.9 Å². The van der Waals surface area contributed by atoms with Gasteiger partial charge in [0.1, 0.15) is 0 Å². The largest absolute Gasteiger partial charge is 0.433 e. The van der Waals surface area contributed by atoms with Gasteiger partial charge < -0.3 is 9.76 Å². The predicted molar refractivity (Wildman–Crippen MR) is 97.8 cm³/mol. The van der Waals surface area contributed by atoms with Crippen molar-refractivity contribution in [2.24, 2.45) is 0 Å². The van der Waals surface area contributed by atoms with Crippen molar-refractivity contribution < 1.29 is 22.9 Å². The van der Waals surface area contributed by atoms with Crippen molar-refractivity contribution in [3.8, 4) is 11.1 Å². The van der Waals surface area contributed by atoms with Gasteiger partial charge in [0.05, 0.1) is 16.8 Å². The maximum absolute atomic E-state index is 12.9. The van der Waals surface area contributed by atoms with E-state index in [9.17, 15) is 18.3 Å². The zero-order chi connectivity index (χ0) is 19.6. The average molecular weight is 363 g/mol. The van der Waals surface area contributed by atoms with Gasteiger partial charge in [0.15, 0.2) is 0 Å². The number of alkyl halides is 3. The molecule has 26 heavy (non-hydrogen) atoms. The Kier molecular flexibility index (Phi) is 5.88. The van der Waals surface area contributed by atoms with Crippen molar-refractivity contribution in [1.29, 1.82) is 0 Å². The Morgan fingerprint density at radius 2 is 1.50 bits per heavy atom. The Balaban J connectivity index is 2.12. The van der Waals surface area contributed by atoms with Crippen molar-refractivity contribution in [2.75, 3.05) is 0 Å². The van der Waals surface area contributed by atoms with Crippen molar-refractivity contribution in [3.05, 3.63) is 59.7 Å². The summed E-state index contributed by atoms with van der Waals surface area (Å²) in [5, 5.41) is 10.1. The number of rotatable bonds is 6. The van der Waals surface area contributed by atoms with Gasteiger partial charge >= 0.3 is 6.18 Å². The van der Waals surface area contributed by atoms with Gasteiger partial charge in [-0.15, -0.1) is 0 Å². The molecule has 0 bridgehead atoms. The van der Waals surface area contributed by atoms with E-state index in [2.05, 4.69) is 0 Å². The molecular formula is C20H23BF3O2. The number of hydrogen-bond donors (Lipinski definition) is 1. The molecule has 0 fully saturated rings. The molecule has 2 aromatic rings. The van der Waals surface area contributed by atoms with Crippen molar-refractivity contribution >= 4 is 7.48 Å². The molecule has 0 atom stereocenters. The summed E-state index contributed by atoms with van der Waals surface area (Å²) in [5.74, 6) is 0. The predicted octanol–water partition coefficient (Wildman–Crippen LogP) is 5.06. The highest BCUT2D eigenvalue weighted by molar-refractivity contribution is 6.26. The maximum atomic E-state index is 12.9. The van der Waals surface area contributed by atoms with Crippen LogP contribution < -0.4 is 0 Å². The van der Waals surface area contributed by atoms with Crippen LogP contribution >= 0.6 is 0 Å². The van der Waals surface area contributed by atoms with E-state index in [1.54, 1.807) is 53.4 Å². The second-order valence-corrected chi connectivity index (χ2v) is 7.34. The number of aliphatic hydroxyl groups is 1. The van der Waals surface area contributed by atoms with Crippen molar-refractivity contribution in [3.63, 3.8) is 0 Å². The molecule has 0 spiro atoms. The molecule has 2 rings (SSSR count). The zero-order valence-corrected chi connectivity index (χ0v) is 15.4. The van der Waals surface area contributed by atoms with Crippen LogP contribution in [0.4, 0.5) is 13.2 Å². The molecule has 0 aliphatic carbocycles. The van der Waals surface area contributed by atoms with Crippen molar-refractivity contribution in [2.45, 2.75) is 51.4 Å². The standard InChI is InChI=1S/C20H23BF3O2/c1-18(2,25)19(3,4)26-21-13-14-7-5-8-15(11-14)16-9-6-10-17(12-16)20(22,23)24/h5-12,25H,13H2,1-4H3. The van der Waals surface area contributed by atoms with Crippen LogP contribution in [-0.4, -0.2) is 23.8 Å². The van der Waals surface area contributed by atoms with E-state index in [1.165, 1.54) is 6.07 Å². The van der Waals surface area contributed by atoms with Gasteiger partial charge in [0.25, 0.3) is 7.48 Å². The van der Waals surface area contributed by atoms with Crippen LogP contribution in [0.5, 0.6) is 0 Å². The fourth-order valence-corrected chi connectivity index (χ4v) is 2.24. The summed E-state index contributed by atoms with van der Waals surface area (Å²) < 4.78 is 44.4. The molecule has 1 radical (unpaired) electrons. The SMILES string of the molecule is CC(C)(O)C(C)(C)O[B]Cc1cccc(-c2cccc(C(F)(F)F)c2)c1. The fourth-order valence-electron chi connectivity index (χ4n) is 2.24. The summed E-state index contributed by atoms with van der Waals surface area (Å²) in [6.07, 6.45) is -3.88. The molecule has 0 saturated carbocycles. The third kappa shape index (κ3) is 5.11. The Labute approximate surface area is 153 Å². The molecule has 0 amide bonds. The Morgan fingerprint density at radius 1 is 0.923 bits per heavy atom. The first kappa shape index (κ1) is 20.5. The minimum atomic E-state index is -4.36. The summed E-state index contributed by atoms with van der Waals surface area (Å²) in [6, 6.07) is 12.6. The second kappa shape index (κ2) is 7.45. The third-order valence-corrected chi connectivity index (χ3v) is 4.62. The summed E-state index contributed by atoms with van der Waals surface area (Å²) in [4.78, 5) is 0. The molecular weight excluding hydrogens is 340 g/mol. The lowest BCUT2D eigenvalue weighted by molar-refractivity contribution is -0.137. The summed E-state index contributed by atoms with van der Waals surface area (Å²) in [6.45, 7) is 6.94. The lowest BCUT2D eigenvalue weighted by Crippen LogP contribution is -2.48.